The summed E-state index contributed by atoms with van der Waals surface area (Å²) in [5.41, 5.74) is 1.05. The van der Waals surface area contributed by atoms with Crippen molar-refractivity contribution >= 4 is 11.9 Å². The van der Waals surface area contributed by atoms with E-state index in [-0.39, 0.29) is 11.8 Å². The highest BCUT2D eigenvalue weighted by atomic mass is 16.5. The molecule has 6 nitrogen and oxygen atoms in total. The zero-order valence-electron chi connectivity index (χ0n) is 13.7. The summed E-state index contributed by atoms with van der Waals surface area (Å²) < 4.78 is 11.3. The minimum Gasteiger partial charge on any atom is -0.490 e. The van der Waals surface area contributed by atoms with Crippen LogP contribution >= 0.6 is 0 Å². The molecule has 6 heteroatoms. The molecule has 1 saturated heterocycles. The first-order chi connectivity index (χ1) is 11.6. The van der Waals surface area contributed by atoms with Crippen molar-refractivity contribution in [3.63, 3.8) is 0 Å². The largest absolute Gasteiger partial charge is 0.490 e. The summed E-state index contributed by atoms with van der Waals surface area (Å²) in [6, 6.07) is 5.82. The number of rotatable bonds is 4. The molecule has 0 radical (unpaired) electrons. The average molecular weight is 333 g/mol. The number of fused-ring (bicyclic) bond motifs is 1. The third-order valence-electron chi connectivity index (χ3n) is 4.64. The zero-order valence-corrected chi connectivity index (χ0v) is 13.7. The number of piperidine rings is 1. The van der Waals surface area contributed by atoms with Gasteiger partial charge in [0.15, 0.2) is 11.5 Å². The van der Waals surface area contributed by atoms with Gasteiger partial charge in [0.1, 0.15) is 0 Å². The first kappa shape index (κ1) is 16.6. The van der Waals surface area contributed by atoms with Gasteiger partial charge in [-0.15, -0.1) is 0 Å². The predicted octanol–water partition coefficient (Wildman–Crippen LogP) is 2.10. The Kier molecular flexibility index (Phi) is 5.23. The van der Waals surface area contributed by atoms with Crippen LogP contribution in [0.5, 0.6) is 11.5 Å². The topological polar surface area (TPSA) is 76.1 Å². The summed E-state index contributed by atoms with van der Waals surface area (Å²) in [6.45, 7) is 2.39. The van der Waals surface area contributed by atoms with Crippen LogP contribution in [0.15, 0.2) is 18.2 Å². The van der Waals surface area contributed by atoms with Gasteiger partial charge >= 0.3 is 5.97 Å². The number of carbonyl (C=O) groups is 2. The molecule has 130 valence electrons. The Morgan fingerprint density at radius 3 is 2.54 bits per heavy atom. The lowest BCUT2D eigenvalue weighted by Gasteiger charge is -2.30. The molecular formula is C18H23NO5. The second-order valence-electron chi connectivity index (χ2n) is 6.32. The van der Waals surface area contributed by atoms with Crippen LogP contribution in [-0.4, -0.2) is 48.2 Å². The van der Waals surface area contributed by atoms with Gasteiger partial charge in [-0.3, -0.25) is 9.59 Å². The number of aryl methyl sites for hydroxylation is 1. The number of hydrogen-bond acceptors (Lipinski definition) is 4. The Labute approximate surface area is 141 Å². The van der Waals surface area contributed by atoms with Gasteiger partial charge in [-0.1, -0.05) is 6.07 Å². The molecule has 1 amide bonds. The number of likely N-dealkylation sites (tertiary alicyclic amines) is 1. The van der Waals surface area contributed by atoms with Gasteiger partial charge < -0.3 is 19.5 Å². The number of aliphatic carboxylic acids is 1. The lowest BCUT2D eigenvalue weighted by atomic mass is 9.96. The fourth-order valence-electron chi connectivity index (χ4n) is 3.15. The number of carbonyl (C=O) groups excluding carboxylic acids is 1. The van der Waals surface area contributed by atoms with Gasteiger partial charge in [-0.05, 0) is 37.0 Å². The van der Waals surface area contributed by atoms with E-state index in [1.165, 1.54) is 0 Å². The zero-order chi connectivity index (χ0) is 16.9. The molecule has 0 atom stereocenters. The van der Waals surface area contributed by atoms with Gasteiger partial charge in [-0.25, -0.2) is 0 Å². The standard InChI is InChI=1S/C18H23NO5/c20-17(19-8-6-14(7-9-19)18(21)22)5-3-13-2-4-15-16(12-13)24-11-1-10-23-15/h2,4,12,14H,1,3,5-11H2,(H,21,22). The minimum absolute atomic E-state index is 0.0888. The summed E-state index contributed by atoms with van der Waals surface area (Å²) in [4.78, 5) is 25.1. The Hall–Kier alpha value is -2.24. The molecule has 1 N–H and O–H groups in total. The molecule has 24 heavy (non-hydrogen) atoms. The number of carboxylic acids is 1. The van der Waals surface area contributed by atoms with E-state index < -0.39 is 5.97 Å². The molecule has 2 heterocycles. The van der Waals surface area contributed by atoms with Crippen LogP contribution in [0.2, 0.25) is 0 Å². The second kappa shape index (κ2) is 7.55. The highest BCUT2D eigenvalue weighted by Crippen LogP contribution is 2.30. The fourth-order valence-corrected chi connectivity index (χ4v) is 3.15. The summed E-state index contributed by atoms with van der Waals surface area (Å²) >= 11 is 0. The molecule has 3 rings (SSSR count). The molecule has 1 aromatic carbocycles. The van der Waals surface area contributed by atoms with E-state index in [9.17, 15) is 9.59 Å². The van der Waals surface area contributed by atoms with Crippen molar-refractivity contribution in [3.05, 3.63) is 23.8 Å². The summed E-state index contributed by atoms with van der Waals surface area (Å²) in [5.74, 6) is 0.536. The number of ether oxygens (including phenoxy) is 2. The van der Waals surface area contributed by atoms with E-state index in [2.05, 4.69) is 0 Å². The smallest absolute Gasteiger partial charge is 0.306 e. The molecule has 2 aliphatic heterocycles. The number of hydrogen-bond donors (Lipinski definition) is 1. The maximum Gasteiger partial charge on any atom is 0.306 e. The number of amides is 1. The third-order valence-corrected chi connectivity index (χ3v) is 4.64. The molecule has 2 aliphatic rings. The predicted molar refractivity (Wildman–Crippen MR) is 87.3 cm³/mol. The van der Waals surface area contributed by atoms with Crippen LogP contribution in [0.25, 0.3) is 0 Å². The van der Waals surface area contributed by atoms with Crippen molar-refractivity contribution in [2.24, 2.45) is 5.92 Å². The monoisotopic (exact) mass is 333 g/mol. The van der Waals surface area contributed by atoms with Crippen LogP contribution in [0.1, 0.15) is 31.2 Å². The number of benzene rings is 1. The van der Waals surface area contributed by atoms with Gasteiger partial charge in [0.2, 0.25) is 5.91 Å². The van der Waals surface area contributed by atoms with E-state index >= 15 is 0 Å². The Morgan fingerprint density at radius 1 is 1.12 bits per heavy atom. The highest BCUT2D eigenvalue weighted by molar-refractivity contribution is 5.77. The van der Waals surface area contributed by atoms with Crippen LogP contribution in [0, 0.1) is 5.92 Å². The summed E-state index contributed by atoms with van der Waals surface area (Å²) in [5, 5.41) is 9.01. The van der Waals surface area contributed by atoms with Gasteiger partial charge in [0.05, 0.1) is 19.1 Å². The van der Waals surface area contributed by atoms with Crippen molar-refractivity contribution < 1.29 is 24.2 Å². The summed E-state index contributed by atoms with van der Waals surface area (Å²) in [6.07, 6.45) is 3.04. The Bertz CT molecular complexity index is 607. The summed E-state index contributed by atoms with van der Waals surface area (Å²) in [7, 11) is 0. The van der Waals surface area contributed by atoms with Gasteiger partial charge in [0, 0.05) is 25.9 Å². The van der Waals surface area contributed by atoms with Gasteiger partial charge in [-0.2, -0.15) is 0 Å². The minimum atomic E-state index is -0.755. The van der Waals surface area contributed by atoms with Crippen molar-refractivity contribution in [2.45, 2.75) is 32.1 Å². The van der Waals surface area contributed by atoms with Crippen LogP contribution < -0.4 is 9.47 Å². The van der Waals surface area contributed by atoms with Crippen molar-refractivity contribution in [1.82, 2.24) is 4.90 Å². The molecule has 1 fully saturated rings. The molecule has 0 saturated carbocycles. The molecular weight excluding hydrogens is 310 g/mol. The van der Waals surface area contributed by atoms with E-state index in [0.29, 0.717) is 52.0 Å². The molecule has 0 unspecified atom stereocenters. The van der Waals surface area contributed by atoms with E-state index in [0.717, 1.165) is 23.5 Å². The van der Waals surface area contributed by atoms with E-state index in [1.54, 1.807) is 4.90 Å². The molecule has 0 aliphatic carbocycles. The Balaban J connectivity index is 1.51. The molecule has 0 bridgehead atoms. The second-order valence-corrected chi connectivity index (χ2v) is 6.32. The van der Waals surface area contributed by atoms with Crippen LogP contribution in [0.3, 0.4) is 0 Å². The van der Waals surface area contributed by atoms with Gasteiger partial charge in [0.25, 0.3) is 0 Å². The SMILES string of the molecule is O=C(O)C1CCN(C(=O)CCc2ccc3c(c2)OCCCO3)CC1. The average Bonchev–Trinajstić information content (AvgIpc) is 2.84. The van der Waals surface area contributed by atoms with E-state index in [1.807, 2.05) is 18.2 Å². The van der Waals surface area contributed by atoms with Crippen molar-refractivity contribution in [3.8, 4) is 11.5 Å². The Morgan fingerprint density at radius 2 is 1.83 bits per heavy atom. The fraction of sp³-hybridized carbons (Fsp3) is 0.556. The molecule has 1 aromatic rings. The first-order valence-corrected chi connectivity index (χ1v) is 8.52. The van der Waals surface area contributed by atoms with E-state index in [4.69, 9.17) is 14.6 Å². The van der Waals surface area contributed by atoms with Crippen molar-refractivity contribution in [1.29, 1.82) is 0 Å². The van der Waals surface area contributed by atoms with Crippen LogP contribution in [-0.2, 0) is 16.0 Å². The maximum absolute atomic E-state index is 12.3. The third kappa shape index (κ3) is 3.99. The molecule has 0 spiro atoms. The normalized spacial score (nSPS) is 18.1. The number of carboxylic acid groups (broad SMARTS) is 1. The molecule has 0 aromatic heterocycles. The van der Waals surface area contributed by atoms with Crippen LogP contribution in [0.4, 0.5) is 0 Å². The highest BCUT2D eigenvalue weighted by Gasteiger charge is 2.26. The lowest BCUT2D eigenvalue weighted by Crippen LogP contribution is -2.40. The lowest BCUT2D eigenvalue weighted by molar-refractivity contribution is -0.145. The van der Waals surface area contributed by atoms with Crippen molar-refractivity contribution in [2.75, 3.05) is 26.3 Å². The number of nitrogens with zero attached hydrogens (tertiary/aromatic N) is 1. The maximum atomic E-state index is 12.3. The first-order valence-electron chi connectivity index (χ1n) is 8.52. The quantitative estimate of drug-likeness (QED) is 0.913.